The Bertz CT molecular complexity index is 478. The van der Waals surface area contributed by atoms with Crippen molar-refractivity contribution in [1.82, 2.24) is 4.90 Å². The molecule has 0 unspecified atom stereocenters. The van der Waals surface area contributed by atoms with Gasteiger partial charge in [0.25, 0.3) is 0 Å². The first kappa shape index (κ1) is 14.6. The Kier molecular flexibility index (Phi) is 4.60. The number of amides is 1. The summed E-state index contributed by atoms with van der Waals surface area (Å²) in [6.07, 6.45) is 4.85. The van der Waals surface area contributed by atoms with Gasteiger partial charge in [-0.05, 0) is 31.9 Å². The lowest BCUT2D eigenvalue weighted by Crippen LogP contribution is -2.45. The Morgan fingerprint density at radius 2 is 2.19 bits per heavy atom. The quantitative estimate of drug-likeness (QED) is 0.855. The molecular formula is C16H23NO4. The van der Waals surface area contributed by atoms with Crippen LogP contribution in [0.1, 0.15) is 43.2 Å². The van der Waals surface area contributed by atoms with E-state index in [2.05, 4.69) is 0 Å². The van der Waals surface area contributed by atoms with Crippen molar-refractivity contribution in [2.75, 3.05) is 26.4 Å². The first-order chi connectivity index (χ1) is 10.2. The molecule has 0 aromatic carbocycles. The third-order valence-corrected chi connectivity index (χ3v) is 4.28. The molecule has 0 spiro atoms. The number of ether oxygens (including phenoxy) is 2. The Morgan fingerprint density at radius 3 is 2.90 bits per heavy atom. The van der Waals surface area contributed by atoms with Gasteiger partial charge in [-0.3, -0.25) is 4.79 Å². The summed E-state index contributed by atoms with van der Waals surface area (Å²) < 4.78 is 16.9. The number of nitrogens with zero attached hydrogens (tertiary/aromatic N) is 1. The van der Waals surface area contributed by atoms with Gasteiger partial charge in [0.05, 0.1) is 19.3 Å². The number of aryl methyl sites for hydroxylation is 1. The molecule has 1 amide bonds. The normalized spacial score (nSPS) is 23.7. The van der Waals surface area contributed by atoms with Gasteiger partial charge < -0.3 is 18.8 Å². The molecule has 1 aromatic heterocycles. The van der Waals surface area contributed by atoms with Crippen LogP contribution in [0.5, 0.6) is 0 Å². The first-order valence-electron chi connectivity index (χ1n) is 7.79. The minimum Gasteiger partial charge on any atom is -0.464 e. The zero-order valence-electron chi connectivity index (χ0n) is 12.5. The monoisotopic (exact) mass is 293 g/mol. The third-order valence-electron chi connectivity index (χ3n) is 4.28. The fraction of sp³-hybridized carbons (Fsp3) is 0.688. The van der Waals surface area contributed by atoms with Gasteiger partial charge in [0.2, 0.25) is 5.91 Å². The average Bonchev–Trinajstić information content (AvgIpc) is 3.16. The second-order valence-electron chi connectivity index (χ2n) is 5.84. The molecule has 5 nitrogen and oxygen atoms in total. The maximum Gasteiger partial charge on any atom is 0.249 e. The van der Waals surface area contributed by atoms with Gasteiger partial charge in [-0.15, -0.1) is 0 Å². The fourth-order valence-electron chi connectivity index (χ4n) is 3.10. The number of hydrogen-bond acceptors (Lipinski definition) is 4. The molecule has 1 atom stereocenters. The summed E-state index contributed by atoms with van der Waals surface area (Å²) in [4.78, 5) is 14.3. The van der Waals surface area contributed by atoms with E-state index in [1.165, 1.54) is 12.8 Å². The van der Waals surface area contributed by atoms with Crippen molar-refractivity contribution in [3.63, 3.8) is 0 Å². The highest BCUT2D eigenvalue weighted by Crippen LogP contribution is 2.26. The van der Waals surface area contributed by atoms with E-state index in [0.717, 1.165) is 24.4 Å². The number of rotatable bonds is 4. The summed E-state index contributed by atoms with van der Waals surface area (Å²) in [5.41, 5.74) is 0. The Labute approximate surface area is 125 Å². The second-order valence-corrected chi connectivity index (χ2v) is 5.84. The molecule has 0 N–H and O–H groups in total. The van der Waals surface area contributed by atoms with Gasteiger partial charge in [0.15, 0.2) is 0 Å². The number of carbonyl (C=O) groups is 1. The second kappa shape index (κ2) is 6.62. The highest BCUT2D eigenvalue weighted by Gasteiger charge is 2.31. The lowest BCUT2D eigenvalue weighted by molar-refractivity contribution is -0.147. The summed E-state index contributed by atoms with van der Waals surface area (Å²) in [5, 5.41) is 0. The molecule has 2 fully saturated rings. The molecule has 1 saturated heterocycles. The molecule has 0 radical (unpaired) electrons. The summed E-state index contributed by atoms with van der Waals surface area (Å²) in [6.45, 7) is 3.73. The van der Waals surface area contributed by atoms with Crippen molar-refractivity contribution in [3.05, 3.63) is 23.7 Å². The van der Waals surface area contributed by atoms with Crippen LogP contribution >= 0.6 is 0 Å². The standard InChI is InChI=1S/C16H23NO4/c1-12-6-7-15(21-12)14-10-19-9-8-17(14)16(18)11-20-13-4-2-3-5-13/h6-7,13-14H,2-5,8-11H2,1H3/t14-/m1/s1. The zero-order valence-corrected chi connectivity index (χ0v) is 12.5. The van der Waals surface area contributed by atoms with Gasteiger partial charge in [0.1, 0.15) is 24.2 Å². The molecule has 1 saturated carbocycles. The van der Waals surface area contributed by atoms with Gasteiger partial charge >= 0.3 is 0 Å². The molecule has 1 aliphatic carbocycles. The fourth-order valence-corrected chi connectivity index (χ4v) is 3.10. The summed E-state index contributed by atoms with van der Waals surface area (Å²) >= 11 is 0. The molecule has 1 aromatic rings. The van der Waals surface area contributed by atoms with E-state index < -0.39 is 0 Å². The van der Waals surface area contributed by atoms with Gasteiger partial charge in [-0.1, -0.05) is 12.8 Å². The maximum absolute atomic E-state index is 12.4. The maximum atomic E-state index is 12.4. The van der Waals surface area contributed by atoms with Crippen molar-refractivity contribution >= 4 is 5.91 Å². The molecular weight excluding hydrogens is 270 g/mol. The molecule has 1 aliphatic heterocycles. The molecule has 2 aliphatic rings. The highest BCUT2D eigenvalue weighted by molar-refractivity contribution is 5.78. The highest BCUT2D eigenvalue weighted by atomic mass is 16.5. The SMILES string of the molecule is Cc1ccc([C@H]2COCCN2C(=O)COC2CCCC2)o1. The third kappa shape index (κ3) is 3.47. The molecule has 116 valence electrons. The van der Waals surface area contributed by atoms with Gasteiger partial charge in [0, 0.05) is 6.54 Å². The minimum atomic E-state index is -0.132. The van der Waals surface area contributed by atoms with E-state index in [0.29, 0.717) is 19.8 Å². The van der Waals surface area contributed by atoms with Crippen LogP contribution in [0.4, 0.5) is 0 Å². The van der Waals surface area contributed by atoms with Crippen LogP contribution in [0.3, 0.4) is 0 Å². The number of furan rings is 1. The smallest absolute Gasteiger partial charge is 0.249 e. The summed E-state index contributed by atoms with van der Waals surface area (Å²) in [6, 6.07) is 3.71. The predicted octanol–water partition coefficient (Wildman–Crippen LogP) is 2.45. The first-order valence-corrected chi connectivity index (χ1v) is 7.79. The van der Waals surface area contributed by atoms with Crippen molar-refractivity contribution in [1.29, 1.82) is 0 Å². The van der Waals surface area contributed by atoms with E-state index in [1.807, 2.05) is 24.0 Å². The largest absolute Gasteiger partial charge is 0.464 e. The van der Waals surface area contributed by atoms with Crippen molar-refractivity contribution in [2.24, 2.45) is 0 Å². The molecule has 21 heavy (non-hydrogen) atoms. The van der Waals surface area contributed by atoms with Crippen LogP contribution in [-0.4, -0.2) is 43.3 Å². The zero-order chi connectivity index (χ0) is 14.7. The number of carbonyl (C=O) groups excluding carboxylic acids is 1. The van der Waals surface area contributed by atoms with E-state index in [-0.39, 0.29) is 24.7 Å². The predicted molar refractivity (Wildman–Crippen MR) is 76.9 cm³/mol. The summed E-state index contributed by atoms with van der Waals surface area (Å²) in [7, 11) is 0. The average molecular weight is 293 g/mol. The van der Waals surface area contributed by atoms with Crippen LogP contribution in [-0.2, 0) is 14.3 Å². The molecule has 3 rings (SSSR count). The van der Waals surface area contributed by atoms with E-state index >= 15 is 0 Å². The van der Waals surface area contributed by atoms with Crippen LogP contribution in [0.25, 0.3) is 0 Å². The topological polar surface area (TPSA) is 51.9 Å². The Hall–Kier alpha value is -1.33. The van der Waals surface area contributed by atoms with Gasteiger partial charge in [-0.2, -0.15) is 0 Å². The van der Waals surface area contributed by atoms with Crippen molar-refractivity contribution in [2.45, 2.75) is 44.8 Å². The Morgan fingerprint density at radius 1 is 1.38 bits per heavy atom. The van der Waals surface area contributed by atoms with E-state index in [9.17, 15) is 4.79 Å². The molecule has 5 heteroatoms. The number of hydrogen-bond donors (Lipinski definition) is 0. The summed E-state index contributed by atoms with van der Waals surface area (Å²) in [5.74, 6) is 1.68. The minimum absolute atomic E-state index is 0.0317. The van der Waals surface area contributed by atoms with Crippen LogP contribution in [0.2, 0.25) is 0 Å². The van der Waals surface area contributed by atoms with E-state index in [4.69, 9.17) is 13.9 Å². The molecule has 0 bridgehead atoms. The van der Waals surface area contributed by atoms with Crippen LogP contribution in [0.15, 0.2) is 16.5 Å². The lowest BCUT2D eigenvalue weighted by Gasteiger charge is -2.34. The van der Waals surface area contributed by atoms with E-state index in [1.54, 1.807) is 0 Å². The van der Waals surface area contributed by atoms with Crippen molar-refractivity contribution in [3.8, 4) is 0 Å². The van der Waals surface area contributed by atoms with Crippen LogP contribution in [0, 0.1) is 6.92 Å². The number of morpholine rings is 1. The van der Waals surface area contributed by atoms with Crippen LogP contribution < -0.4 is 0 Å². The van der Waals surface area contributed by atoms with Crippen molar-refractivity contribution < 1.29 is 18.7 Å². The lowest BCUT2D eigenvalue weighted by atomic mass is 10.1. The molecule has 2 heterocycles. The van der Waals surface area contributed by atoms with Gasteiger partial charge in [-0.25, -0.2) is 0 Å². The Balaban J connectivity index is 1.61.